The third kappa shape index (κ3) is 2.76. The molecule has 1 unspecified atom stereocenters. The van der Waals surface area contributed by atoms with E-state index >= 15 is 0 Å². The fraction of sp³-hybridized carbons (Fsp3) is 0.286. The van der Waals surface area contributed by atoms with Gasteiger partial charge in [0.05, 0.1) is 0 Å². The molecule has 1 aliphatic heterocycles. The topological polar surface area (TPSA) is 116 Å². The summed E-state index contributed by atoms with van der Waals surface area (Å²) < 4.78 is 0. The Labute approximate surface area is 126 Å². The van der Waals surface area contributed by atoms with E-state index in [1.807, 2.05) is 0 Å². The highest BCUT2D eigenvalue weighted by Crippen LogP contribution is 2.25. The molecule has 8 heteroatoms. The van der Waals surface area contributed by atoms with Gasteiger partial charge in [-0.15, -0.1) is 0 Å². The molecule has 0 bridgehead atoms. The summed E-state index contributed by atoms with van der Waals surface area (Å²) in [6, 6.07) is 5.56. The van der Waals surface area contributed by atoms with Crippen molar-refractivity contribution in [2.75, 3.05) is 13.6 Å². The molecule has 1 saturated heterocycles. The zero-order valence-corrected chi connectivity index (χ0v) is 12.0. The summed E-state index contributed by atoms with van der Waals surface area (Å²) in [6.07, 6.45) is 0. The molecular weight excluding hydrogens is 290 g/mol. The number of imide groups is 1. The van der Waals surface area contributed by atoms with E-state index in [0.29, 0.717) is 5.56 Å². The maximum atomic E-state index is 12.2. The number of hydrogen-bond acceptors (Lipinski definition) is 4. The third-order valence-corrected chi connectivity index (χ3v) is 3.45. The number of carboxylic acids is 1. The van der Waals surface area contributed by atoms with Crippen molar-refractivity contribution in [1.82, 2.24) is 15.5 Å². The lowest BCUT2D eigenvalue weighted by Crippen LogP contribution is -2.40. The predicted molar refractivity (Wildman–Crippen MR) is 75.1 cm³/mol. The number of carbonyl (C=O) groups is 4. The minimum atomic E-state index is -1.27. The van der Waals surface area contributed by atoms with E-state index < -0.39 is 35.9 Å². The molecule has 0 aromatic heterocycles. The molecule has 0 aliphatic carbocycles. The van der Waals surface area contributed by atoms with Crippen LogP contribution in [0.5, 0.6) is 0 Å². The normalized spacial score (nSPS) is 20.3. The van der Waals surface area contributed by atoms with Gasteiger partial charge in [0, 0.05) is 12.6 Å². The number of carbonyl (C=O) groups excluding carboxylic acids is 3. The molecule has 1 aromatic rings. The Morgan fingerprint density at radius 2 is 2.00 bits per heavy atom. The van der Waals surface area contributed by atoms with Crippen LogP contribution in [0.2, 0.25) is 0 Å². The van der Waals surface area contributed by atoms with Crippen molar-refractivity contribution >= 4 is 23.8 Å². The highest BCUT2D eigenvalue weighted by atomic mass is 16.4. The van der Waals surface area contributed by atoms with Crippen LogP contribution in [0.25, 0.3) is 0 Å². The van der Waals surface area contributed by atoms with Crippen molar-refractivity contribution in [2.45, 2.75) is 12.5 Å². The fourth-order valence-corrected chi connectivity index (χ4v) is 2.20. The molecule has 1 aliphatic rings. The van der Waals surface area contributed by atoms with Crippen LogP contribution in [0.1, 0.15) is 22.8 Å². The van der Waals surface area contributed by atoms with Gasteiger partial charge >= 0.3 is 12.0 Å². The first-order valence-corrected chi connectivity index (χ1v) is 6.45. The van der Waals surface area contributed by atoms with Gasteiger partial charge < -0.3 is 15.3 Å². The van der Waals surface area contributed by atoms with Crippen molar-refractivity contribution in [3.05, 3.63) is 35.4 Å². The van der Waals surface area contributed by atoms with Crippen LogP contribution >= 0.6 is 0 Å². The molecular formula is C14H15N3O5. The van der Waals surface area contributed by atoms with Crippen LogP contribution in [0, 0.1) is 0 Å². The molecule has 1 heterocycles. The Bertz CT molecular complexity index is 672. The largest absolute Gasteiger partial charge is 0.480 e. The molecule has 0 saturated carbocycles. The first kappa shape index (κ1) is 15.5. The minimum Gasteiger partial charge on any atom is -0.480 e. The van der Waals surface area contributed by atoms with Crippen molar-refractivity contribution in [3.63, 3.8) is 0 Å². The van der Waals surface area contributed by atoms with E-state index in [1.54, 1.807) is 12.1 Å². The Kier molecular flexibility index (Phi) is 3.85. The number of hydrogen-bond donors (Lipinski definition) is 3. The number of nitrogens with zero attached hydrogens (tertiary/aromatic N) is 1. The van der Waals surface area contributed by atoms with Gasteiger partial charge in [-0.2, -0.15) is 0 Å². The average Bonchev–Trinajstić information content (AvgIpc) is 2.71. The third-order valence-electron chi connectivity index (χ3n) is 3.45. The highest BCUT2D eigenvalue weighted by Gasteiger charge is 2.43. The number of benzene rings is 1. The summed E-state index contributed by atoms with van der Waals surface area (Å²) in [4.78, 5) is 47.1. The van der Waals surface area contributed by atoms with Crippen molar-refractivity contribution in [3.8, 4) is 0 Å². The Morgan fingerprint density at radius 3 is 2.55 bits per heavy atom. The van der Waals surface area contributed by atoms with Crippen LogP contribution in [0.3, 0.4) is 0 Å². The van der Waals surface area contributed by atoms with Gasteiger partial charge in [-0.1, -0.05) is 12.1 Å². The van der Waals surface area contributed by atoms with Gasteiger partial charge in [0.15, 0.2) is 0 Å². The first-order valence-electron chi connectivity index (χ1n) is 6.45. The second-order valence-corrected chi connectivity index (χ2v) is 5.17. The van der Waals surface area contributed by atoms with E-state index in [1.165, 1.54) is 26.1 Å². The lowest BCUT2D eigenvalue weighted by atomic mass is 9.91. The highest BCUT2D eigenvalue weighted by molar-refractivity contribution is 6.07. The summed E-state index contributed by atoms with van der Waals surface area (Å²) in [5.41, 5.74) is -0.597. The molecule has 2 rings (SSSR count). The monoisotopic (exact) mass is 305 g/mol. The van der Waals surface area contributed by atoms with Crippen LogP contribution in [-0.2, 0) is 15.1 Å². The Hall–Kier alpha value is -2.90. The zero-order chi connectivity index (χ0) is 16.5. The number of urea groups is 1. The molecule has 1 fully saturated rings. The summed E-state index contributed by atoms with van der Waals surface area (Å²) in [7, 11) is 1.37. The molecule has 22 heavy (non-hydrogen) atoms. The van der Waals surface area contributed by atoms with Crippen molar-refractivity contribution in [2.24, 2.45) is 0 Å². The molecule has 4 amide bonds. The van der Waals surface area contributed by atoms with Gasteiger partial charge in [0.25, 0.3) is 11.8 Å². The average molecular weight is 305 g/mol. The van der Waals surface area contributed by atoms with Crippen molar-refractivity contribution in [1.29, 1.82) is 0 Å². The first-order chi connectivity index (χ1) is 10.2. The molecule has 1 aromatic carbocycles. The number of carboxylic acid groups (broad SMARTS) is 1. The number of aliphatic carboxylic acids is 1. The quantitative estimate of drug-likeness (QED) is 0.672. The maximum absolute atomic E-state index is 12.2. The van der Waals surface area contributed by atoms with Gasteiger partial charge in [-0.05, 0) is 24.6 Å². The minimum absolute atomic E-state index is 0.233. The molecule has 0 spiro atoms. The molecule has 116 valence electrons. The smallest absolute Gasteiger partial charge is 0.323 e. The van der Waals surface area contributed by atoms with Crippen molar-refractivity contribution < 1.29 is 24.3 Å². The Balaban J connectivity index is 2.31. The second kappa shape index (κ2) is 5.47. The molecule has 8 nitrogen and oxygen atoms in total. The van der Waals surface area contributed by atoms with E-state index in [9.17, 15) is 19.2 Å². The zero-order valence-electron chi connectivity index (χ0n) is 12.0. The maximum Gasteiger partial charge on any atom is 0.323 e. The van der Waals surface area contributed by atoms with E-state index in [2.05, 4.69) is 10.6 Å². The Morgan fingerprint density at radius 1 is 1.32 bits per heavy atom. The summed E-state index contributed by atoms with van der Waals surface area (Å²) in [5.74, 6) is -2.13. The summed E-state index contributed by atoms with van der Waals surface area (Å²) in [6.45, 7) is 1.09. The molecule has 0 radical (unpaired) electrons. The van der Waals surface area contributed by atoms with Crippen LogP contribution in [0.4, 0.5) is 4.79 Å². The van der Waals surface area contributed by atoms with Gasteiger partial charge in [0.1, 0.15) is 12.1 Å². The number of rotatable bonds is 4. The molecule has 3 N–H and O–H groups in total. The van der Waals surface area contributed by atoms with Gasteiger partial charge in [-0.25, -0.2) is 4.79 Å². The van der Waals surface area contributed by atoms with Crippen LogP contribution < -0.4 is 10.6 Å². The molecule has 1 atom stereocenters. The SMILES string of the molecule is CN(CC(=O)O)C(=O)c1cccc(C2(C)NC(=O)NC2=O)c1. The van der Waals surface area contributed by atoms with E-state index in [4.69, 9.17) is 5.11 Å². The standard InChI is InChI=1S/C14H15N3O5/c1-14(12(21)15-13(22)16-14)9-5-3-4-8(6-9)11(20)17(2)7-10(18)19/h3-6H,7H2,1-2H3,(H,18,19)(H2,15,16,21,22). The number of amides is 4. The van der Waals surface area contributed by atoms with Crippen LogP contribution in [0.15, 0.2) is 24.3 Å². The van der Waals surface area contributed by atoms with E-state index in [-0.39, 0.29) is 5.56 Å². The van der Waals surface area contributed by atoms with E-state index in [0.717, 1.165) is 4.90 Å². The second-order valence-electron chi connectivity index (χ2n) is 5.17. The lowest BCUT2D eigenvalue weighted by Gasteiger charge is -2.22. The van der Waals surface area contributed by atoms with Crippen LogP contribution in [-0.4, -0.2) is 47.4 Å². The van der Waals surface area contributed by atoms with Gasteiger partial charge in [0.2, 0.25) is 0 Å². The van der Waals surface area contributed by atoms with Gasteiger partial charge in [-0.3, -0.25) is 19.7 Å². The summed E-state index contributed by atoms with van der Waals surface area (Å²) >= 11 is 0. The fourth-order valence-electron chi connectivity index (χ4n) is 2.20. The number of likely N-dealkylation sites (N-methyl/N-ethyl adjacent to an activating group) is 1. The summed E-state index contributed by atoms with van der Waals surface area (Å²) in [5, 5.41) is 13.4. The number of nitrogens with one attached hydrogen (secondary N) is 2. The lowest BCUT2D eigenvalue weighted by molar-refractivity contribution is -0.137. The predicted octanol–water partition coefficient (Wildman–Crippen LogP) is -0.102.